The number of nitrogens with zero attached hydrogens (tertiary/aromatic N) is 2. The summed E-state index contributed by atoms with van der Waals surface area (Å²) < 4.78 is 2.19. The van der Waals surface area contributed by atoms with Gasteiger partial charge < -0.3 is 4.57 Å². The summed E-state index contributed by atoms with van der Waals surface area (Å²) in [5.41, 5.74) is 4.46. The largest absolute Gasteiger partial charge is 0.307 e. The molecular formula is C28H17ClN2O2. The minimum Gasteiger partial charge on any atom is -0.307 e. The van der Waals surface area contributed by atoms with E-state index in [4.69, 9.17) is 11.6 Å². The van der Waals surface area contributed by atoms with Crippen molar-refractivity contribution in [3.63, 3.8) is 0 Å². The van der Waals surface area contributed by atoms with E-state index in [-0.39, 0.29) is 10.6 Å². The number of rotatable bonds is 3. The van der Waals surface area contributed by atoms with E-state index in [1.165, 1.54) is 0 Å². The van der Waals surface area contributed by atoms with Crippen molar-refractivity contribution in [2.75, 3.05) is 0 Å². The van der Waals surface area contributed by atoms with Crippen molar-refractivity contribution >= 4 is 49.9 Å². The molecule has 33 heavy (non-hydrogen) atoms. The van der Waals surface area contributed by atoms with Crippen molar-refractivity contribution in [1.82, 2.24) is 4.57 Å². The third kappa shape index (κ3) is 2.99. The van der Waals surface area contributed by atoms with Crippen LogP contribution in [0.1, 0.15) is 0 Å². The van der Waals surface area contributed by atoms with Gasteiger partial charge in [-0.1, -0.05) is 78.3 Å². The summed E-state index contributed by atoms with van der Waals surface area (Å²) in [5.74, 6) is 0. The summed E-state index contributed by atoms with van der Waals surface area (Å²) in [7, 11) is 0. The number of halogens is 1. The van der Waals surface area contributed by atoms with Crippen LogP contribution in [0.25, 0.3) is 49.4 Å². The lowest BCUT2D eigenvalue weighted by Crippen LogP contribution is -1.96. The molecule has 0 amide bonds. The maximum Gasteiger partial charge on any atom is 0.277 e. The second-order valence-electron chi connectivity index (χ2n) is 7.98. The maximum absolute atomic E-state index is 11.6. The molecule has 0 saturated heterocycles. The van der Waals surface area contributed by atoms with Crippen molar-refractivity contribution in [1.29, 1.82) is 0 Å². The van der Waals surface area contributed by atoms with Crippen LogP contribution in [-0.4, -0.2) is 9.49 Å². The Morgan fingerprint density at radius 1 is 0.697 bits per heavy atom. The molecule has 0 aliphatic rings. The van der Waals surface area contributed by atoms with Gasteiger partial charge in [-0.2, -0.15) is 0 Å². The molecule has 0 aliphatic heterocycles. The lowest BCUT2D eigenvalue weighted by molar-refractivity contribution is -0.384. The van der Waals surface area contributed by atoms with Crippen LogP contribution in [0.2, 0.25) is 5.02 Å². The Labute approximate surface area is 194 Å². The van der Waals surface area contributed by atoms with Crippen LogP contribution in [0.5, 0.6) is 0 Å². The quantitative estimate of drug-likeness (QED) is 0.202. The first kappa shape index (κ1) is 19.5. The van der Waals surface area contributed by atoms with E-state index in [0.717, 1.165) is 43.8 Å². The average molecular weight is 449 g/mol. The van der Waals surface area contributed by atoms with Gasteiger partial charge in [-0.25, -0.2) is 0 Å². The van der Waals surface area contributed by atoms with Gasteiger partial charge in [-0.3, -0.25) is 10.1 Å². The molecule has 0 saturated carbocycles. The Morgan fingerprint density at radius 3 is 2.24 bits per heavy atom. The van der Waals surface area contributed by atoms with Gasteiger partial charge in [-0.15, -0.1) is 0 Å². The van der Waals surface area contributed by atoms with Crippen LogP contribution in [0.3, 0.4) is 0 Å². The van der Waals surface area contributed by atoms with Crippen LogP contribution in [0.4, 0.5) is 5.69 Å². The summed E-state index contributed by atoms with van der Waals surface area (Å²) >= 11 is 6.78. The molecule has 0 aliphatic carbocycles. The first-order valence-corrected chi connectivity index (χ1v) is 11.0. The van der Waals surface area contributed by atoms with E-state index in [1.54, 1.807) is 18.2 Å². The molecule has 158 valence electrons. The lowest BCUT2D eigenvalue weighted by Gasteiger charge is -2.14. The van der Waals surface area contributed by atoms with Crippen molar-refractivity contribution < 1.29 is 4.92 Å². The van der Waals surface area contributed by atoms with E-state index >= 15 is 0 Å². The van der Waals surface area contributed by atoms with E-state index in [0.29, 0.717) is 10.6 Å². The van der Waals surface area contributed by atoms with Crippen molar-refractivity contribution in [3.05, 3.63) is 118 Å². The van der Waals surface area contributed by atoms with Gasteiger partial charge in [0.25, 0.3) is 5.69 Å². The zero-order chi connectivity index (χ0) is 22.5. The van der Waals surface area contributed by atoms with Crippen molar-refractivity contribution in [2.45, 2.75) is 0 Å². The lowest BCUT2D eigenvalue weighted by atomic mass is 10.0. The highest BCUT2D eigenvalue weighted by molar-refractivity contribution is 6.34. The first-order chi connectivity index (χ1) is 16.1. The molecule has 0 N–H and O–H groups in total. The van der Waals surface area contributed by atoms with Crippen molar-refractivity contribution in [3.8, 4) is 16.8 Å². The van der Waals surface area contributed by atoms with E-state index in [2.05, 4.69) is 28.8 Å². The molecule has 6 aromatic rings. The summed E-state index contributed by atoms with van der Waals surface area (Å²) in [5, 5.41) is 16.5. The number of fused-ring (bicyclic) bond motifs is 4. The molecule has 0 bridgehead atoms. The monoisotopic (exact) mass is 448 g/mol. The molecule has 0 radical (unpaired) electrons. The number of benzene rings is 5. The highest BCUT2D eigenvalue weighted by Gasteiger charge is 2.19. The van der Waals surface area contributed by atoms with Gasteiger partial charge in [0.05, 0.1) is 32.2 Å². The number of nitro groups is 1. The van der Waals surface area contributed by atoms with Crippen LogP contribution >= 0.6 is 11.6 Å². The molecule has 5 aromatic carbocycles. The minimum atomic E-state index is -0.335. The topological polar surface area (TPSA) is 48.1 Å². The number of nitro benzene ring substituents is 1. The molecular weight excluding hydrogens is 432 g/mol. The second-order valence-corrected chi connectivity index (χ2v) is 8.38. The number of hydrogen-bond donors (Lipinski definition) is 0. The van der Waals surface area contributed by atoms with Gasteiger partial charge in [0.15, 0.2) is 0 Å². The highest BCUT2D eigenvalue weighted by atomic mass is 35.5. The van der Waals surface area contributed by atoms with Crippen LogP contribution in [-0.2, 0) is 0 Å². The predicted molar refractivity (Wildman–Crippen MR) is 135 cm³/mol. The summed E-state index contributed by atoms with van der Waals surface area (Å²) in [6.07, 6.45) is 0. The van der Waals surface area contributed by atoms with Crippen LogP contribution in [0.15, 0.2) is 103 Å². The van der Waals surface area contributed by atoms with E-state index in [1.807, 2.05) is 60.7 Å². The smallest absolute Gasteiger partial charge is 0.277 e. The highest BCUT2D eigenvalue weighted by Crippen LogP contribution is 2.40. The number of para-hydroxylation sites is 2. The fourth-order valence-corrected chi connectivity index (χ4v) is 4.96. The summed E-state index contributed by atoms with van der Waals surface area (Å²) in [6.45, 7) is 0. The fraction of sp³-hybridized carbons (Fsp3) is 0. The third-order valence-electron chi connectivity index (χ3n) is 6.16. The molecule has 5 heteroatoms. The molecule has 0 spiro atoms. The Bertz CT molecular complexity index is 1720. The summed E-state index contributed by atoms with van der Waals surface area (Å²) in [4.78, 5) is 11.3. The van der Waals surface area contributed by atoms with Gasteiger partial charge >= 0.3 is 0 Å². The maximum atomic E-state index is 11.6. The molecule has 1 aromatic heterocycles. The van der Waals surface area contributed by atoms with E-state index < -0.39 is 0 Å². The normalized spacial score (nSPS) is 11.4. The van der Waals surface area contributed by atoms with Crippen LogP contribution in [0, 0.1) is 10.1 Å². The Kier molecular flexibility index (Phi) is 4.42. The third-order valence-corrected chi connectivity index (χ3v) is 6.46. The van der Waals surface area contributed by atoms with Gasteiger partial charge in [0, 0.05) is 22.2 Å². The molecule has 0 unspecified atom stereocenters. The zero-order valence-corrected chi connectivity index (χ0v) is 18.2. The molecule has 6 rings (SSSR count). The van der Waals surface area contributed by atoms with Gasteiger partial charge in [0.2, 0.25) is 0 Å². The minimum absolute atomic E-state index is 0.0951. The van der Waals surface area contributed by atoms with Crippen molar-refractivity contribution in [2.24, 2.45) is 0 Å². The fourth-order valence-electron chi connectivity index (χ4n) is 4.71. The van der Waals surface area contributed by atoms with E-state index in [9.17, 15) is 10.1 Å². The first-order valence-electron chi connectivity index (χ1n) is 10.6. The molecule has 0 fully saturated rings. The standard InChI is InChI=1S/C28H17ClN2O2/c29-24-15-13-18-7-1-2-9-21(18)28(24)30-25-11-5-4-10-22(25)23-17-19(14-16-26(23)30)20-8-3-6-12-27(20)31(32)33/h1-17H. The van der Waals surface area contributed by atoms with Gasteiger partial charge in [-0.05, 0) is 41.3 Å². The average Bonchev–Trinajstić information content (AvgIpc) is 3.17. The summed E-state index contributed by atoms with van der Waals surface area (Å²) in [6, 6.07) is 33.2. The SMILES string of the molecule is O=[N+]([O-])c1ccccc1-c1ccc2c(c1)c1ccccc1n2-c1c(Cl)ccc2ccccc12. The second kappa shape index (κ2) is 7.47. The Hall–Kier alpha value is -4.15. The number of hydrogen-bond acceptors (Lipinski definition) is 2. The molecule has 1 heterocycles. The zero-order valence-electron chi connectivity index (χ0n) is 17.4. The van der Waals surface area contributed by atoms with Crippen LogP contribution < -0.4 is 0 Å². The Balaban J connectivity index is 1.72. The Morgan fingerprint density at radius 2 is 1.39 bits per heavy atom. The molecule has 4 nitrogen and oxygen atoms in total. The predicted octanol–water partition coefficient (Wildman–Crippen LogP) is 8.17. The van der Waals surface area contributed by atoms with Gasteiger partial charge in [0.1, 0.15) is 0 Å². The number of aromatic nitrogens is 1. The molecule has 0 atom stereocenters.